The van der Waals surface area contributed by atoms with Crippen molar-refractivity contribution in [2.45, 2.75) is 45.6 Å². The highest BCUT2D eigenvalue weighted by Gasteiger charge is 2.47. The van der Waals surface area contributed by atoms with Gasteiger partial charge in [-0.1, -0.05) is 13.8 Å². The minimum Gasteiger partial charge on any atom is -0.377 e. The number of carbonyl (C=O) groups excluding carboxylic acids is 1. The number of hydrogen-bond acceptors (Lipinski definition) is 3. The lowest BCUT2D eigenvalue weighted by Gasteiger charge is -2.44. The highest BCUT2D eigenvalue weighted by Crippen LogP contribution is 2.38. The molecule has 0 radical (unpaired) electrons. The van der Waals surface area contributed by atoms with Crippen molar-refractivity contribution >= 4 is 5.91 Å². The van der Waals surface area contributed by atoms with Crippen molar-refractivity contribution in [3.05, 3.63) is 0 Å². The van der Waals surface area contributed by atoms with Crippen LogP contribution < -0.4 is 5.32 Å². The van der Waals surface area contributed by atoms with Crippen molar-refractivity contribution in [3.63, 3.8) is 0 Å². The summed E-state index contributed by atoms with van der Waals surface area (Å²) in [5, 5.41) is 3.37. The highest BCUT2D eigenvalue weighted by molar-refractivity contribution is 5.84. The molecule has 2 atom stereocenters. The maximum atomic E-state index is 13.0. The van der Waals surface area contributed by atoms with E-state index >= 15 is 0 Å². The van der Waals surface area contributed by atoms with Gasteiger partial charge in [-0.05, 0) is 38.6 Å². The van der Waals surface area contributed by atoms with E-state index in [1.807, 2.05) is 4.90 Å². The van der Waals surface area contributed by atoms with Gasteiger partial charge in [-0.3, -0.25) is 4.79 Å². The fraction of sp³-hybridized carbons (Fsp3) is 0.933. The maximum Gasteiger partial charge on any atom is 0.230 e. The van der Waals surface area contributed by atoms with Gasteiger partial charge in [0.2, 0.25) is 5.91 Å². The molecule has 2 rings (SSSR count). The van der Waals surface area contributed by atoms with E-state index in [0.717, 1.165) is 45.4 Å². The van der Waals surface area contributed by atoms with Crippen LogP contribution in [0.1, 0.15) is 40.0 Å². The second-order valence-electron chi connectivity index (χ2n) is 6.72. The van der Waals surface area contributed by atoms with E-state index in [4.69, 9.17) is 4.74 Å². The van der Waals surface area contributed by atoms with Crippen LogP contribution in [0.5, 0.6) is 0 Å². The van der Waals surface area contributed by atoms with Crippen LogP contribution in [0.2, 0.25) is 0 Å². The Morgan fingerprint density at radius 3 is 2.63 bits per heavy atom. The smallest absolute Gasteiger partial charge is 0.230 e. The Morgan fingerprint density at radius 2 is 2.11 bits per heavy atom. The van der Waals surface area contributed by atoms with E-state index in [0.29, 0.717) is 11.8 Å². The first-order valence-corrected chi connectivity index (χ1v) is 7.49. The molecule has 0 aromatic carbocycles. The molecule has 2 saturated heterocycles. The fourth-order valence-electron chi connectivity index (χ4n) is 3.49. The van der Waals surface area contributed by atoms with Gasteiger partial charge >= 0.3 is 0 Å². The van der Waals surface area contributed by atoms with Crippen molar-refractivity contribution < 1.29 is 9.53 Å². The van der Waals surface area contributed by atoms with Crippen molar-refractivity contribution in [2.24, 2.45) is 11.3 Å². The number of nitrogens with one attached hydrogen (secondary N) is 1. The van der Waals surface area contributed by atoms with E-state index < -0.39 is 0 Å². The Hall–Kier alpha value is -0.610. The third kappa shape index (κ3) is 2.65. The molecule has 4 heteroatoms. The second-order valence-corrected chi connectivity index (χ2v) is 6.72. The Bertz CT molecular complexity index is 337. The number of rotatable bonds is 3. The molecule has 110 valence electrons. The summed E-state index contributed by atoms with van der Waals surface area (Å²) in [7, 11) is 1.75. The van der Waals surface area contributed by atoms with Gasteiger partial charge in [-0.2, -0.15) is 0 Å². The van der Waals surface area contributed by atoms with Gasteiger partial charge in [0.15, 0.2) is 0 Å². The van der Waals surface area contributed by atoms with Crippen LogP contribution in [0.3, 0.4) is 0 Å². The molecule has 0 spiro atoms. The van der Waals surface area contributed by atoms with Crippen molar-refractivity contribution in [1.82, 2.24) is 10.2 Å². The van der Waals surface area contributed by atoms with Gasteiger partial charge in [-0.15, -0.1) is 0 Å². The van der Waals surface area contributed by atoms with Gasteiger partial charge in [0.25, 0.3) is 0 Å². The molecule has 2 aliphatic rings. The number of likely N-dealkylation sites (tertiary alicyclic amines) is 1. The van der Waals surface area contributed by atoms with Crippen LogP contribution in [-0.2, 0) is 9.53 Å². The summed E-state index contributed by atoms with van der Waals surface area (Å²) < 4.78 is 5.61. The van der Waals surface area contributed by atoms with Gasteiger partial charge in [0.1, 0.15) is 0 Å². The standard InChI is InChI=1S/C15H28N2O2/c1-12(2)15(7-8-16-10-15)13(18)17-9-5-6-14(3,11-17)19-4/h12,16H,5-11H2,1-4H3. The Kier molecular flexibility index (Phi) is 4.21. The van der Waals surface area contributed by atoms with Crippen LogP contribution in [0.15, 0.2) is 0 Å². The van der Waals surface area contributed by atoms with E-state index in [-0.39, 0.29) is 11.0 Å². The van der Waals surface area contributed by atoms with Crippen LogP contribution in [-0.4, -0.2) is 49.7 Å². The molecule has 2 aliphatic heterocycles. The van der Waals surface area contributed by atoms with Crippen LogP contribution in [0, 0.1) is 11.3 Å². The van der Waals surface area contributed by atoms with E-state index in [1.54, 1.807) is 7.11 Å². The van der Waals surface area contributed by atoms with E-state index in [2.05, 4.69) is 26.1 Å². The molecule has 0 bridgehead atoms. The third-order valence-electron chi connectivity index (χ3n) is 5.16. The fourth-order valence-corrected chi connectivity index (χ4v) is 3.49. The zero-order valence-electron chi connectivity index (χ0n) is 12.8. The average Bonchev–Trinajstić information content (AvgIpc) is 2.88. The normalized spacial score (nSPS) is 35.9. The predicted molar refractivity (Wildman–Crippen MR) is 76.0 cm³/mol. The Balaban J connectivity index is 2.14. The summed E-state index contributed by atoms with van der Waals surface area (Å²) in [4.78, 5) is 15.0. The minimum atomic E-state index is -0.202. The largest absolute Gasteiger partial charge is 0.377 e. The number of amides is 1. The predicted octanol–water partition coefficient (Wildman–Crippen LogP) is 1.65. The number of ether oxygens (including phenoxy) is 1. The van der Waals surface area contributed by atoms with Gasteiger partial charge in [0.05, 0.1) is 11.0 Å². The number of nitrogens with zero attached hydrogens (tertiary/aromatic N) is 1. The van der Waals surface area contributed by atoms with Crippen LogP contribution >= 0.6 is 0 Å². The Morgan fingerprint density at radius 1 is 1.37 bits per heavy atom. The monoisotopic (exact) mass is 268 g/mol. The number of piperidine rings is 1. The molecule has 0 saturated carbocycles. The van der Waals surface area contributed by atoms with Gasteiger partial charge < -0.3 is 15.0 Å². The first kappa shape index (κ1) is 14.8. The number of methoxy groups -OCH3 is 1. The number of hydrogen-bond donors (Lipinski definition) is 1. The topological polar surface area (TPSA) is 41.6 Å². The molecule has 0 aromatic heterocycles. The second kappa shape index (κ2) is 5.41. The maximum absolute atomic E-state index is 13.0. The van der Waals surface area contributed by atoms with Crippen molar-refractivity contribution in [3.8, 4) is 0 Å². The van der Waals surface area contributed by atoms with Crippen molar-refractivity contribution in [2.75, 3.05) is 33.3 Å². The molecule has 4 nitrogen and oxygen atoms in total. The molecular formula is C15H28N2O2. The molecule has 1 N–H and O–H groups in total. The summed E-state index contributed by atoms with van der Waals surface area (Å²) in [5.74, 6) is 0.709. The molecule has 2 fully saturated rings. The molecule has 19 heavy (non-hydrogen) atoms. The third-order valence-corrected chi connectivity index (χ3v) is 5.16. The highest BCUT2D eigenvalue weighted by atomic mass is 16.5. The lowest BCUT2D eigenvalue weighted by Crippen LogP contribution is -2.55. The van der Waals surface area contributed by atoms with Crippen LogP contribution in [0.4, 0.5) is 0 Å². The summed E-state index contributed by atoms with van der Waals surface area (Å²) in [6.45, 7) is 9.85. The zero-order chi connectivity index (χ0) is 14.1. The lowest BCUT2D eigenvalue weighted by atomic mass is 9.74. The summed E-state index contributed by atoms with van der Waals surface area (Å²) in [5.41, 5.74) is -0.371. The molecule has 0 aromatic rings. The van der Waals surface area contributed by atoms with Gasteiger partial charge in [-0.25, -0.2) is 0 Å². The molecular weight excluding hydrogens is 240 g/mol. The average molecular weight is 268 g/mol. The van der Waals surface area contributed by atoms with Gasteiger partial charge in [0, 0.05) is 26.7 Å². The summed E-state index contributed by atoms with van der Waals surface area (Å²) in [6, 6.07) is 0. The SMILES string of the molecule is COC1(C)CCCN(C(=O)C2(C(C)C)CCNC2)C1. The summed E-state index contributed by atoms with van der Waals surface area (Å²) in [6.07, 6.45) is 3.04. The van der Waals surface area contributed by atoms with E-state index in [9.17, 15) is 4.79 Å². The lowest BCUT2D eigenvalue weighted by molar-refractivity contribution is -0.151. The van der Waals surface area contributed by atoms with Crippen LogP contribution in [0.25, 0.3) is 0 Å². The molecule has 1 amide bonds. The van der Waals surface area contributed by atoms with Crippen molar-refractivity contribution in [1.29, 1.82) is 0 Å². The zero-order valence-corrected chi connectivity index (χ0v) is 12.8. The molecule has 2 heterocycles. The summed E-state index contributed by atoms with van der Waals surface area (Å²) >= 11 is 0. The Labute approximate surface area is 116 Å². The minimum absolute atomic E-state index is 0.169. The molecule has 0 aliphatic carbocycles. The molecule has 2 unspecified atom stereocenters. The first-order chi connectivity index (χ1) is 8.93. The number of carbonyl (C=O) groups is 1. The quantitative estimate of drug-likeness (QED) is 0.846. The first-order valence-electron chi connectivity index (χ1n) is 7.49. The van der Waals surface area contributed by atoms with E-state index in [1.165, 1.54) is 0 Å².